The Morgan fingerprint density at radius 1 is 1.36 bits per heavy atom. The van der Waals surface area contributed by atoms with E-state index in [4.69, 9.17) is 12.2 Å². The molecule has 0 unspecified atom stereocenters. The highest BCUT2D eigenvalue weighted by Crippen LogP contribution is 2.26. The summed E-state index contributed by atoms with van der Waals surface area (Å²) in [5, 5.41) is 0. The van der Waals surface area contributed by atoms with Crippen molar-refractivity contribution in [3.8, 4) is 23.7 Å². The lowest BCUT2D eigenvalue weighted by Gasteiger charge is -2.06. The predicted molar refractivity (Wildman–Crippen MR) is 83.3 cm³/mol. The number of rotatable bonds is 3. The van der Waals surface area contributed by atoms with Crippen molar-refractivity contribution in [2.24, 2.45) is 0 Å². The van der Waals surface area contributed by atoms with Gasteiger partial charge in [0.1, 0.15) is 11.6 Å². The van der Waals surface area contributed by atoms with Crippen molar-refractivity contribution in [2.45, 2.75) is 6.54 Å². The summed E-state index contributed by atoms with van der Waals surface area (Å²) in [7, 11) is 0. The number of terminal acetylenes is 1. The molecular formula is C16H12FN5. The number of allylic oxidation sites excluding steroid dienone is 1. The molecule has 1 aromatic carbocycles. The molecule has 0 amide bonds. The zero-order chi connectivity index (χ0) is 15.7. The molecule has 0 fully saturated rings. The van der Waals surface area contributed by atoms with Gasteiger partial charge in [-0.3, -0.25) is 0 Å². The molecule has 6 heteroatoms. The van der Waals surface area contributed by atoms with E-state index in [1.807, 2.05) is 0 Å². The zero-order valence-corrected chi connectivity index (χ0v) is 11.6. The maximum atomic E-state index is 13.5. The average molecular weight is 293 g/mol. The molecule has 0 aliphatic rings. The highest BCUT2D eigenvalue weighted by molar-refractivity contribution is 5.85. The predicted octanol–water partition coefficient (Wildman–Crippen LogP) is 2.38. The first-order valence-corrected chi connectivity index (χ1v) is 6.51. The second-order valence-corrected chi connectivity index (χ2v) is 4.59. The molecule has 2 N–H and O–H groups in total. The van der Waals surface area contributed by atoms with Gasteiger partial charge in [-0.15, -0.1) is 13.0 Å². The fourth-order valence-corrected chi connectivity index (χ4v) is 2.24. The topological polar surface area (TPSA) is 69.6 Å². The first-order valence-electron chi connectivity index (χ1n) is 6.51. The third kappa shape index (κ3) is 2.19. The second-order valence-electron chi connectivity index (χ2n) is 4.59. The monoisotopic (exact) mass is 293 g/mol. The minimum Gasteiger partial charge on any atom is -0.382 e. The van der Waals surface area contributed by atoms with Crippen molar-refractivity contribution in [3.63, 3.8) is 0 Å². The molecule has 2 aromatic heterocycles. The van der Waals surface area contributed by atoms with E-state index in [9.17, 15) is 4.39 Å². The average Bonchev–Trinajstić information content (AvgIpc) is 2.87. The molecule has 0 saturated carbocycles. The number of anilines is 1. The Kier molecular flexibility index (Phi) is 3.31. The number of imidazole rings is 1. The summed E-state index contributed by atoms with van der Waals surface area (Å²) in [5.74, 6) is 2.92. The van der Waals surface area contributed by atoms with E-state index < -0.39 is 0 Å². The van der Waals surface area contributed by atoms with Crippen LogP contribution in [0.25, 0.3) is 22.6 Å². The lowest BCUT2D eigenvalue weighted by molar-refractivity contribution is 0.628. The fraction of sp³-hybridized carbons (Fsp3) is 0.0625. The minimum atomic E-state index is -0.349. The van der Waals surface area contributed by atoms with Gasteiger partial charge in [-0.25, -0.2) is 19.3 Å². The highest BCUT2D eigenvalue weighted by Gasteiger charge is 2.17. The van der Waals surface area contributed by atoms with Gasteiger partial charge in [-0.2, -0.15) is 0 Å². The van der Waals surface area contributed by atoms with E-state index in [1.54, 1.807) is 22.8 Å². The Bertz CT molecular complexity index is 920. The molecule has 0 atom stereocenters. The van der Waals surface area contributed by atoms with Gasteiger partial charge in [0, 0.05) is 12.1 Å². The molecule has 2 heterocycles. The molecular weight excluding hydrogens is 281 g/mol. The van der Waals surface area contributed by atoms with E-state index in [0.29, 0.717) is 29.1 Å². The van der Waals surface area contributed by atoms with Crippen LogP contribution in [0.2, 0.25) is 0 Å². The van der Waals surface area contributed by atoms with E-state index in [0.717, 1.165) is 0 Å². The molecule has 22 heavy (non-hydrogen) atoms. The lowest BCUT2D eigenvalue weighted by atomic mass is 10.2. The number of halogens is 1. The Morgan fingerprint density at radius 3 is 2.86 bits per heavy atom. The number of hydrogen-bond acceptors (Lipinski definition) is 4. The molecule has 0 aliphatic carbocycles. The van der Waals surface area contributed by atoms with Crippen molar-refractivity contribution in [2.75, 3.05) is 5.73 Å². The van der Waals surface area contributed by atoms with E-state index >= 15 is 0 Å². The van der Waals surface area contributed by atoms with Crippen molar-refractivity contribution in [3.05, 3.63) is 48.6 Å². The highest BCUT2D eigenvalue weighted by atomic mass is 19.1. The van der Waals surface area contributed by atoms with Crippen molar-refractivity contribution in [1.29, 1.82) is 0 Å². The van der Waals surface area contributed by atoms with Gasteiger partial charge in [0.2, 0.25) is 5.82 Å². The van der Waals surface area contributed by atoms with Crippen molar-refractivity contribution >= 4 is 17.0 Å². The molecule has 3 rings (SSSR count). The van der Waals surface area contributed by atoms with Gasteiger partial charge < -0.3 is 10.3 Å². The summed E-state index contributed by atoms with van der Waals surface area (Å²) in [5.41, 5.74) is 7.44. The Morgan fingerprint density at radius 2 is 2.18 bits per heavy atom. The Labute approximate surface area is 126 Å². The van der Waals surface area contributed by atoms with E-state index in [1.165, 1.54) is 12.1 Å². The molecule has 0 saturated heterocycles. The van der Waals surface area contributed by atoms with Crippen LogP contribution in [0.15, 0.2) is 36.9 Å². The van der Waals surface area contributed by atoms with Crippen molar-refractivity contribution in [1.82, 2.24) is 19.5 Å². The van der Waals surface area contributed by atoms with Crippen LogP contribution in [0.1, 0.15) is 5.82 Å². The number of aromatic nitrogens is 4. The number of benzene rings is 1. The first kappa shape index (κ1) is 13.8. The summed E-state index contributed by atoms with van der Waals surface area (Å²) < 4.78 is 15.3. The minimum absolute atomic E-state index is 0.181. The maximum Gasteiger partial charge on any atom is 0.208 e. The van der Waals surface area contributed by atoms with E-state index in [-0.39, 0.29) is 17.5 Å². The zero-order valence-electron chi connectivity index (χ0n) is 11.6. The van der Waals surface area contributed by atoms with Gasteiger partial charge in [0.15, 0.2) is 17.0 Å². The summed E-state index contributed by atoms with van der Waals surface area (Å²) in [4.78, 5) is 12.7. The normalized spacial score (nSPS) is 10.5. The Balaban J connectivity index is 2.35. The largest absolute Gasteiger partial charge is 0.382 e. The van der Waals surface area contributed by atoms with Crippen molar-refractivity contribution < 1.29 is 4.39 Å². The molecule has 0 aliphatic heterocycles. The smallest absolute Gasteiger partial charge is 0.208 e. The molecule has 0 radical (unpaired) electrons. The number of fused-ring (bicyclic) bond motifs is 1. The molecule has 0 spiro atoms. The maximum absolute atomic E-state index is 13.5. The van der Waals surface area contributed by atoms with Crippen LogP contribution in [-0.2, 0) is 6.54 Å². The van der Waals surface area contributed by atoms with Crippen LogP contribution in [0.5, 0.6) is 0 Å². The van der Waals surface area contributed by atoms with Crippen LogP contribution in [0, 0.1) is 18.2 Å². The summed E-state index contributed by atoms with van der Waals surface area (Å²) in [6.07, 6.45) is 7.03. The molecule has 3 aromatic rings. The van der Waals surface area contributed by atoms with Gasteiger partial charge in [-0.05, 0) is 18.1 Å². The third-order valence-corrected chi connectivity index (χ3v) is 3.15. The van der Waals surface area contributed by atoms with Crippen LogP contribution >= 0.6 is 0 Å². The fourth-order valence-electron chi connectivity index (χ4n) is 2.24. The van der Waals surface area contributed by atoms with Crippen LogP contribution in [0.3, 0.4) is 0 Å². The first-order chi connectivity index (χ1) is 10.6. The second kappa shape index (κ2) is 5.30. The molecule has 5 nitrogen and oxygen atoms in total. The lowest BCUT2D eigenvalue weighted by Crippen LogP contribution is -2.02. The van der Waals surface area contributed by atoms with Crippen LogP contribution in [0.4, 0.5) is 10.2 Å². The standard InChI is InChI=1S/C16H12FN5/c1-3-8-22-15(10-6-5-7-11(17)9-10)21-13-14(18)19-12(4-2)20-16(13)22/h2-3,5-7,9H,1,8H2,(H2,18,19,20). The molecule has 0 bridgehead atoms. The number of nitrogen functional groups attached to an aromatic ring is 1. The van der Waals surface area contributed by atoms with Gasteiger partial charge in [0.05, 0.1) is 0 Å². The SMILES string of the molecule is C#Cc1nc(N)c2nc(-c3cccc(F)c3)n(CC=C)c2n1. The van der Waals surface area contributed by atoms with Gasteiger partial charge in [0.25, 0.3) is 0 Å². The van der Waals surface area contributed by atoms with Gasteiger partial charge in [-0.1, -0.05) is 18.2 Å². The van der Waals surface area contributed by atoms with Gasteiger partial charge >= 0.3 is 0 Å². The number of nitrogens with two attached hydrogens (primary N) is 1. The molecule has 108 valence electrons. The number of nitrogens with zero attached hydrogens (tertiary/aromatic N) is 4. The summed E-state index contributed by atoms with van der Waals surface area (Å²) in [6.45, 7) is 4.16. The summed E-state index contributed by atoms with van der Waals surface area (Å²) in [6, 6.07) is 6.14. The third-order valence-electron chi connectivity index (χ3n) is 3.15. The van der Waals surface area contributed by atoms with Crippen LogP contribution in [-0.4, -0.2) is 19.5 Å². The summed E-state index contributed by atoms with van der Waals surface area (Å²) >= 11 is 0. The van der Waals surface area contributed by atoms with E-state index in [2.05, 4.69) is 27.5 Å². The number of hydrogen-bond donors (Lipinski definition) is 1. The Hall–Kier alpha value is -3.20. The van der Waals surface area contributed by atoms with Crippen LogP contribution < -0.4 is 5.73 Å². The quantitative estimate of drug-likeness (QED) is 0.594.